The van der Waals surface area contributed by atoms with Gasteiger partial charge in [-0.2, -0.15) is 0 Å². The van der Waals surface area contributed by atoms with Crippen molar-refractivity contribution in [3.63, 3.8) is 0 Å². The normalized spacial score (nSPS) is 13.1. The van der Waals surface area contributed by atoms with E-state index in [1.165, 1.54) is 17.5 Å². The summed E-state index contributed by atoms with van der Waals surface area (Å²) in [7, 11) is 4.79. The third kappa shape index (κ3) is 5.15. The summed E-state index contributed by atoms with van der Waals surface area (Å²) in [4.78, 5) is 17.2. The minimum absolute atomic E-state index is 0.148. The predicted molar refractivity (Wildman–Crippen MR) is 113 cm³/mol. The number of hydrogen-bond donors (Lipinski definition) is 1. The van der Waals surface area contributed by atoms with Crippen molar-refractivity contribution >= 4 is 11.6 Å². The maximum absolute atomic E-state index is 12.8. The van der Waals surface area contributed by atoms with Crippen LogP contribution in [0, 0.1) is 0 Å². The Bertz CT molecular complexity index is 892. The SMILES string of the molecule is COC/N=C(\C(=O)NCCc1ccc(OC)c(OC)c1)c1ccc2c(c1)CCC2. The van der Waals surface area contributed by atoms with E-state index in [-0.39, 0.29) is 12.6 Å². The number of aryl methyl sites for hydroxylation is 2. The first-order valence-electron chi connectivity index (χ1n) is 9.81. The van der Waals surface area contributed by atoms with Crippen molar-refractivity contribution in [3.8, 4) is 11.5 Å². The molecule has 6 heteroatoms. The zero-order valence-electron chi connectivity index (χ0n) is 17.3. The molecule has 0 bridgehead atoms. The fraction of sp³-hybridized carbons (Fsp3) is 0.391. The fourth-order valence-electron chi connectivity index (χ4n) is 3.58. The van der Waals surface area contributed by atoms with Gasteiger partial charge in [0, 0.05) is 19.2 Å². The fourth-order valence-corrected chi connectivity index (χ4v) is 3.58. The first-order valence-corrected chi connectivity index (χ1v) is 9.81. The average Bonchev–Trinajstić information content (AvgIpc) is 3.22. The quantitative estimate of drug-likeness (QED) is 0.662. The number of benzene rings is 2. The van der Waals surface area contributed by atoms with Crippen LogP contribution in [0.1, 0.15) is 28.7 Å². The average molecular weight is 396 g/mol. The number of carbonyl (C=O) groups is 1. The molecule has 6 nitrogen and oxygen atoms in total. The summed E-state index contributed by atoms with van der Waals surface area (Å²) >= 11 is 0. The van der Waals surface area contributed by atoms with Crippen molar-refractivity contribution in [3.05, 3.63) is 58.7 Å². The molecule has 0 radical (unpaired) electrons. The molecular formula is C23H28N2O4. The van der Waals surface area contributed by atoms with E-state index in [0.29, 0.717) is 30.2 Å². The van der Waals surface area contributed by atoms with E-state index in [0.717, 1.165) is 24.0 Å². The van der Waals surface area contributed by atoms with Crippen molar-refractivity contribution in [2.45, 2.75) is 25.7 Å². The van der Waals surface area contributed by atoms with E-state index in [4.69, 9.17) is 14.2 Å². The molecule has 0 aromatic heterocycles. The smallest absolute Gasteiger partial charge is 0.270 e. The van der Waals surface area contributed by atoms with Gasteiger partial charge in [0.05, 0.1) is 14.2 Å². The summed E-state index contributed by atoms with van der Waals surface area (Å²) in [5.41, 5.74) is 4.98. The van der Waals surface area contributed by atoms with Gasteiger partial charge in [0.15, 0.2) is 11.5 Å². The Hall–Kier alpha value is -2.86. The van der Waals surface area contributed by atoms with Gasteiger partial charge in [-0.1, -0.05) is 18.2 Å². The molecule has 1 aliphatic rings. The third-order valence-corrected chi connectivity index (χ3v) is 5.09. The molecule has 154 valence electrons. The largest absolute Gasteiger partial charge is 0.493 e. The van der Waals surface area contributed by atoms with E-state index >= 15 is 0 Å². The van der Waals surface area contributed by atoms with E-state index in [9.17, 15) is 4.79 Å². The molecule has 0 aliphatic heterocycles. The number of aliphatic imine (C=N–C) groups is 1. The Morgan fingerprint density at radius 3 is 2.55 bits per heavy atom. The van der Waals surface area contributed by atoms with Gasteiger partial charge in [-0.25, -0.2) is 0 Å². The molecule has 0 fully saturated rings. The highest BCUT2D eigenvalue weighted by molar-refractivity contribution is 6.45. The summed E-state index contributed by atoms with van der Waals surface area (Å²) in [6.45, 7) is 0.640. The zero-order chi connectivity index (χ0) is 20.6. The summed E-state index contributed by atoms with van der Waals surface area (Å²) in [6, 6.07) is 11.9. The number of rotatable bonds is 9. The maximum Gasteiger partial charge on any atom is 0.270 e. The number of amides is 1. The third-order valence-electron chi connectivity index (χ3n) is 5.09. The highest BCUT2D eigenvalue weighted by Gasteiger charge is 2.17. The van der Waals surface area contributed by atoms with Crippen LogP contribution in [-0.2, 0) is 28.8 Å². The van der Waals surface area contributed by atoms with Crippen molar-refractivity contribution in [1.29, 1.82) is 0 Å². The molecule has 0 heterocycles. The van der Waals surface area contributed by atoms with Gasteiger partial charge in [-0.3, -0.25) is 9.79 Å². The molecule has 0 saturated carbocycles. The first-order chi connectivity index (χ1) is 14.2. The van der Waals surface area contributed by atoms with Crippen LogP contribution < -0.4 is 14.8 Å². The highest BCUT2D eigenvalue weighted by Crippen LogP contribution is 2.27. The van der Waals surface area contributed by atoms with Gasteiger partial charge in [0.25, 0.3) is 5.91 Å². The molecule has 2 aromatic rings. The number of carbonyl (C=O) groups excluding carboxylic acids is 1. The van der Waals surface area contributed by atoms with Gasteiger partial charge in [-0.15, -0.1) is 0 Å². The molecule has 0 saturated heterocycles. The molecule has 29 heavy (non-hydrogen) atoms. The Kier molecular flexibility index (Phi) is 7.25. The summed E-state index contributed by atoms with van der Waals surface area (Å²) in [6.07, 6.45) is 4.01. The summed E-state index contributed by atoms with van der Waals surface area (Å²) in [5.74, 6) is 1.17. The van der Waals surface area contributed by atoms with Gasteiger partial charge in [0.1, 0.15) is 12.4 Å². The molecule has 0 unspecified atom stereocenters. The van der Waals surface area contributed by atoms with Crippen LogP contribution in [0.5, 0.6) is 11.5 Å². The number of nitrogens with one attached hydrogen (secondary N) is 1. The van der Waals surface area contributed by atoms with Crippen LogP contribution in [0.25, 0.3) is 0 Å². The molecule has 1 amide bonds. The second-order valence-corrected chi connectivity index (χ2v) is 6.96. The Morgan fingerprint density at radius 2 is 1.79 bits per heavy atom. The number of fused-ring (bicyclic) bond motifs is 1. The lowest BCUT2D eigenvalue weighted by Crippen LogP contribution is -2.33. The molecular weight excluding hydrogens is 368 g/mol. The van der Waals surface area contributed by atoms with Crippen LogP contribution in [0.2, 0.25) is 0 Å². The van der Waals surface area contributed by atoms with E-state index < -0.39 is 0 Å². The highest BCUT2D eigenvalue weighted by atomic mass is 16.5. The Labute approximate surface area is 171 Å². The van der Waals surface area contributed by atoms with Crippen LogP contribution in [0.3, 0.4) is 0 Å². The van der Waals surface area contributed by atoms with Gasteiger partial charge in [-0.05, 0) is 60.6 Å². The molecule has 1 aliphatic carbocycles. The van der Waals surface area contributed by atoms with Crippen molar-refractivity contribution in [2.24, 2.45) is 4.99 Å². The maximum atomic E-state index is 12.8. The van der Waals surface area contributed by atoms with Crippen LogP contribution in [0.15, 0.2) is 41.4 Å². The van der Waals surface area contributed by atoms with Crippen LogP contribution in [-0.4, -0.2) is 46.2 Å². The number of methoxy groups -OCH3 is 3. The molecule has 2 aromatic carbocycles. The van der Waals surface area contributed by atoms with E-state index in [1.807, 2.05) is 24.3 Å². The number of nitrogens with zero attached hydrogens (tertiary/aromatic N) is 1. The van der Waals surface area contributed by atoms with Crippen molar-refractivity contribution in [1.82, 2.24) is 5.32 Å². The molecule has 0 atom stereocenters. The number of ether oxygens (including phenoxy) is 3. The zero-order valence-corrected chi connectivity index (χ0v) is 17.3. The lowest BCUT2D eigenvalue weighted by molar-refractivity contribution is -0.114. The van der Waals surface area contributed by atoms with Gasteiger partial charge < -0.3 is 19.5 Å². The van der Waals surface area contributed by atoms with E-state index in [2.05, 4.69) is 22.4 Å². The Morgan fingerprint density at radius 1 is 1.00 bits per heavy atom. The molecule has 0 spiro atoms. The van der Waals surface area contributed by atoms with E-state index in [1.54, 1.807) is 21.3 Å². The van der Waals surface area contributed by atoms with Crippen molar-refractivity contribution in [2.75, 3.05) is 34.6 Å². The molecule has 1 N–H and O–H groups in total. The van der Waals surface area contributed by atoms with Gasteiger partial charge in [0.2, 0.25) is 0 Å². The van der Waals surface area contributed by atoms with Gasteiger partial charge >= 0.3 is 0 Å². The second kappa shape index (κ2) is 10.1. The standard InChI is InChI=1S/C23H28N2O4/c1-27-15-25-22(19-9-8-17-5-4-6-18(17)14-19)23(26)24-12-11-16-7-10-20(28-2)21(13-16)29-3/h7-10,13-14H,4-6,11-12,15H2,1-3H3,(H,24,26)/b25-22-. The lowest BCUT2D eigenvalue weighted by atomic mass is 10.0. The topological polar surface area (TPSA) is 69.2 Å². The minimum Gasteiger partial charge on any atom is -0.493 e. The summed E-state index contributed by atoms with van der Waals surface area (Å²) in [5, 5.41) is 2.98. The molecule has 3 rings (SSSR count). The van der Waals surface area contributed by atoms with Crippen molar-refractivity contribution < 1.29 is 19.0 Å². The first kappa shape index (κ1) is 20.9. The second-order valence-electron chi connectivity index (χ2n) is 6.96. The number of hydrogen-bond acceptors (Lipinski definition) is 5. The summed E-state index contributed by atoms with van der Waals surface area (Å²) < 4.78 is 15.7. The lowest BCUT2D eigenvalue weighted by Gasteiger charge is -2.12. The predicted octanol–water partition coefficient (Wildman–Crippen LogP) is 2.94. The minimum atomic E-state index is -0.194. The van der Waals surface area contributed by atoms with Crippen LogP contribution in [0.4, 0.5) is 0 Å². The van der Waals surface area contributed by atoms with Crippen LogP contribution >= 0.6 is 0 Å². The Balaban J connectivity index is 1.66. The monoisotopic (exact) mass is 396 g/mol.